The summed E-state index contributed by atoms with van der Waals surface area (Å²) in [6.45, 7) is 0.444. The molecule has 1 rings (SSSR count). The van der Waals surface area contributed by atoms with Gasteiger partial charge in [-0.1, -0.05) is 0 Å². The average Bonchev–Trinajstić information content (AvgIpc) is 2.55. The lowest BCUT2D eigenvalue weighted by Crippen LogP contribution is -2.24. The van der Waals surface area contributed by atoms with Crippen LogP contribution in [0.3, 0.4) is 0 Å². The minimum atomic E-state index is -0.524. The van der Waals surface area contributed by atoms with Gasteiger partial charge in [0.15, 0.2) is 6.07 Å². The van der Waals surface area contributed by atoms with Gasteiger partial charge in [0, 0.05) is 18.9 Å². The summed E-state index contributed by atoms with van der Waals surface area (Å²) in [4.78, 5) is 15.1. The van der Waals surface area contributed by atoms with Crippen molar-refractivity contribution >= 4 is 5.91 Å². The Labute approximate surface area is 70.4 Å². The van der Waals surface area contributed by atoms with E-state index in [0.717, 1.165) is 5.69 Å². The van der Waals surface area contributed by atoms with Gasteiger partial charge in [-0.2, -0.15) is 5.26 Å². The third-order valence-electron chi connectivity index (χ3n) is 1.51. The summed E-state index contributed by atoms with van der Waals surface area (Å²) in [7, 11) is 1.59. The Kier molecular flexibility index (Phi) is 2.49. The molecule has 0 radical (unpaired) electrons. The van der Waals surface area contributed by atoms with Gasteiger partial charge in [0.1, 0.15) is 0 Å². The molecule has 0 saturated carbocycles. The molecule has 62 valence electrons. The number of aromatic amines is 1. The van der Waals surface area contributed by atoms with E-state index in [2.05, 4.69) is 4.98 Å². The predicted molar refractivity (Wildman–Crippen MR) is 42.9 cm³/mol. The molecule has 0 atom stereocenters. The normalized spacial score (nSPS) is 9.00. The maximum atomic E-state index is 10.8. The van der Waals surface area contributed by atoms with Gasteiger partial charge in [0.2, 0.25) is 0 Å². The molecule has 0 bridgehead atoms. The summed E-state index contributed by atoms with van der Waals surface area (Å²) in [6, 6.07) is 5.26. The van der Waals surface area contributed by atoms with Crippen LogP contribution in [0.1, 0.15) is 5.69 Å². The molecule has 1 aromatic heterocycles. The van der Waals surface area contributed by atoms with Crippen LogP contribution in [-0.4, -0.2) is 22.8 Å². The van der Waals surface area contributed by atoms with Crippen LogP contribution in [0.25, 0.3) is 0 Å². The molecule has 1 aromatic rings. The predicted octanol–water partition coefficient (Wildman–Crippen LogP) is 0.497. The highest BCUT2D eigenvalue weighted by Gasteiger charge is 2.06. The monoisotopic (exact) mass is 163 g/mol. The quantitative estimate of drug-likeness (QED) is 0.645. The molecule has 1 heterocycles. The Hall–Kier alpha value is -1.76. The average molecular weight is 163 g/mol. The van der Waals surface area contributed by atoms with E-state index < -0.39 is 5.91 Å². The number of hydrogen-bond acceptors (Lipinski definition) is 2. The van der Waals surface area contributed by atoms with Gasteiger partial charge >= 0.3 is 5.91 Å². The highest BCUT2D eigenvalue weighted by atomic mass is 16.2. The van der Waals surface area contributed by atoms with Crippen LogP contribution in [0.5, 0.6) is 0 Å². The van der Waals surface area contributed by atoms with Gasteiger partial charge in [-0.15, -0.1) is 0 Å². The minimum absolute atomic E-state index is 0.444. The van der Waals surface area contributed by atoms with Crippen LogP contribution >= 0.6 is 0 Å². The van der Waals surface area contributed by atoms with E-state index in [1.54, 1.807) is 19.3 Å². The number of H-pyrrole nitrogens is 1. The molecule has 1 N–H and O–H groups in total. The molecule has 0 unspecified atom stereocenters. The number of rotatable bonds is 2. The lowest BCUT2D eigenvalue weighted by molar-refractivity contribution is -0.124. The fraction of sp³-hybridized carbons (Fsp3) is 0.250. The van der Waals surface area contributed by atoms with E-state index in [1.165, 1.54) is 4.90 Å². The standard InChI is InChI=1S/C8H9N3O/c1-11(8(12)5-9)6-7-3-2-4-10-7/h2-4,10H,6H2,1H3. The van der Waals surface area contributed by atoms with Crippen LogP contribution in [0.2, 0.25) is 0 Å². The maximum Gasteiger partial charge on any atom is 0.325 e. The lowest BCUT2D eigenvalue weighted by atomic mass is 10.4. The zero-order valence-corrected chi connectivity index (χ0v) is 6.74. The fourth-order valence-electron chi connectivity index (χ4n) is 0.879. The molecule has 0 aliphatic rings. The zero-order valence-electron chi connectivity index (χ0n) is 6.74. The number of amides is 1. The van der Waals surface area contributed by atoms with E-state index >= 15 is 0 Å². The number of aromatic nitrogens is 1. The lowest BCUT2D eigenvalue weighted by Gasteiger charge is -2.10. The van der Waals surface area contributed by atoms with E-state index in [9.17, 15) is 4.79 Å². The second-order valence-electron chi connectivity index (χ2n) is 2.47. The Morgan fingerprint density at radius 1 is 1.83 bits per heavy atom. The number of carbonyl (C=O) groups is 1. The van der Waals surface area contributed by atoms with Crippen molar-refractivity contribution in [1.82, 2.24) is 9.88 Å². The maximum absolute atomic E-state index is 10.8. The summed E-state index contributed by atoms with van der Waals surface area (Å²) >= 11 is 0. The van der Waals surface area contributed by atoms with Gasteiger partial charge < -0.3 is 9.88 Å². The van der Waals surface area contributed by atoms with Crippen molar-refractivity contribution in [3.05, 3.63) is 24.0 Å². The second kappa shape index (κ2) is 3.58. The highest BCUT2D eigenvalue weighted by molar-refractivity contribution is 5.90. The molecule has 4 heteroatoms. The van der Waals surface area contributed by atoms with E-state index in [0.29, 0.717) is 6.54 Å². The first-order valence-corrected chi connectivity index (χ1v) is 3.51. The third-order valence-corrected chi connectivity index (χ3v) is 1.51. The van der Waals surface area contributed by atoms with E-state index in [1.807, 2.05) is 12.1 Å². The van der Waals surface area contributed by atoms with Gasteiger partial charge in [-0.3, -0.25) is 4.79 Å². The molecular weight excluding hydrogens is 154 g/mol. The SMILES string of the molecule is CN(Cc1ccc[nH]1)C(=O)C#N. The highest BCUT2D eigenvalue weighted by Crippen LogP contribution is 1.98. The molecule has 12 heavy (non-hydrogen) atoms. The van der Waals surface area contributed by atoms with Crippen LogP contribution in [0.4, 0.5) is 0 Å². The van der Waals surface area contributed by atoms with Crippen molar-refractivity contribution in [2.75, 3.05) is 7.05 Å². The van der Waals surface area contributed by atoms with Crippen molar-refractivity contribution in [3.63, 3.8) is 0 Å². The van der Waals surface area contributed by atoms with Crippen molar-refractivity contribution < 1.29 is 4.79 Å². The number of nitrogens with one attached hydrogen (secondary N) is 1. The molecule has 0 aromatic carbocycles. The molecule has 1 amide bonds. The van der Waals surface area contributed by atoms with Crippen LogP contribution < -0.4 is 0 Å². The van der Waals surface area contributed by atoms with Crippen molar-refractivity contribution in [2.45, 2.75) is 6.54 Å². The fourth-order valence-corrected chi connectivity index (χ4v) is 0.879. The summed E-state index contributed by atoms with van der Waals surface area (Å²) in [5.74, 6) is -0.524. The summed E-state index contributed by atoms with van der Waals surface area (Å²) in [6.07, 6.45) is 1.78. The first kappa shape index (κ1) is 8.34. The Balaban J connectivity index is 2.54. The summed E-state index contributed by atoms with van der Waals surface area (Å²) in [5.41, 5.74) is 0.918. The minimum Gasteiger partial charge on any atom is -0.364 e. The molecule has 0 fully saturated rings. The smallest absolute Gasteiger partial charge is 0.325 e. The van der Waals surface area contributed by atoms with Crippen LogP contribution in [0.15, 0.2) is 18.3 Å². The van der Waals surface area contributed by atoms with Crippen molar-refractivity contribution in [1.29, 1.82) is 5.26 Å². The summed E-state index contributed by atoms with van der Waals surface area (Å²) < 4.78 is 0. The van der Waals surface area contributed by atoms with Gasteiger partial charge in [0.25, 0.3) is 0 Å². The van der Waals surface area contributed by atoms with Gasteiger partial charge in [-0.05, 0) is 12.1 Å². The van der Waals surface area contributed by atoms with Crippen LogP contribution in [0, 0.1) is 11.3 Å². The van der Waals surface area contributed by atoms with Gasteiger partial charge in [0.05, 0.1) is 6.54 Å². The molecule has 0 spiro atoms. The number of nitrogens with zero attached hydrogens (tertiary/aromatic N) is 2. The Bertz CT molecular complexity index is 297. The largest absolute Gasteiger partial charge is 0.364 e. The first-order valence-electron chi connectivity index (χ1n) is 3.51. The topological polar surface area (TPSA) is 59.9 Å². The third kappa shape index (κ3) is 1.86. The molecule has 0 aliphatic heterocycles. The second-order valence-corrected chi connectivity index (χ2v) is 2.47. The Morgan fingerprint density at radius 2 is 2.58 bits per heavy atom. The van der Waals surface area contributed by atoms with Crippen molar-refractivity contribution in [3.8, 4) is 6.07 Å². The van der Waals surface area contributed by atoms with Gasteiger partial charge in [-0.25, -0.2) is 0 Å². The van der Waals surface area contributed by atoms with E-state index in [4.69, 9.17) is 5.26 Å². The summed E-state index contributed by atoms with van der Waals surface area (Å²) in [5, 5.41) is 8.28. The molecule has 0 aliphatic carbocycles. The number of carbonyl (C=O) groups excluding carboxylic acids is 1. The molecule has 0 saturated heterocycles. The number of hydrogen-bond donors (Lipinski definition) is 1. The zero-order chi connectivity index (χ0) is 8.97. The van der Waals surface area contributed by atoms with E-state index in [-0.39, 0.29) is 0 Å². The van der Waals surface area contributed by atoms with Crippen LogP contribution in [-0.2, 0) is 11.3 Å². The van der Waals surface area contributed by atoms with Crippen molar-refractivity contribution in [2.24, 2.45) is 0 Å². The Morgan fingerprint density at radius 3 is 3.08 bits per heavy atom. The molecular formula is C8H9N3O. The number of nitriles is 1. The molecule has 4 nitrogen and oxygen atoms in total. The first-order chi connectivity index (χ1) is 5.74.